The number of nitro groups is 1. The van der Waals surface area contributed by atoms with Crippen LogP contribution in [0.2, 0.25) is 0 Å². The highest BCUT2D eigenvalue weighted by Crippen LogP contribution is 2.31. The minimum atomic E-state index is -0.364. The van der Waals surface area contributed by atoms with E-state index in [9.17, 15) is 10.1 Å². The Bertz CT molecular complexity index is 467. The lowest BCUT2D eigenvalue weighted by atomic mass is 9.91. The lowest BCUT2D eigenvalue weighted by Gasteiger charge is -2.40. The van der Waals surface area contributed by atoms with Crippen LogP contribution in [0.4, 0.5) is 5.69 Å². The Morgan fingerprint density at radius 2 is 2.35 bits per heavy atom. The number of piperidine rings is 1. The van der Waals surface area contributed by atoms with Gasteiger partial charge in [0, 0.05) is 31.8 Å². The van der Waals surface area contributed by atoms with Gasteiger partial charge >= 0.3 is 0 Å². The average Bonchev–Trinajstić information content (AvgIpc) is 2.45. The number of ether oxygens (including phenoxy) is 1. The second-order valence-electron chi connectivity index (χ2n) is 5.13. The molecule has 6 heteroatoms. The molecule has 1 heterocycles. The summed E-state index contributed by atoms with van der Waals surface area (Å²) in [5.74, 6) is 0. The summed E-state index contributed by atoms with van der Waals surface area (Å²) in [7, 11) is 1.67. The molecule has 0 radical (unpaired) electrons. The van der Waals surface area contributed by atoms with Gasteiger partial charge in [0.15, 0.2) is 0 Å². The standard InChI is InChI=1S/C14H21N3O3/c1-20-9-8-16-7-3-6-13(15)14(16)11-4-2-5-12(10-11)17(18)19/h2,4-5,10,13-14H,3,6-9,15H2,1H3. The molecule has 1 aromatic carbocycles. The molecular weight excluding hydrogens is 258 g/mol. The van der Waals surface area contributed by atoms with Crippen LogP contribution in [0.1, 0.15) is 24.4 Å². The third-order valence-corrected chi connectivity index (χ3v) is 3.79. The number of hydrogen-bond acceptors (Lipinski definition) is 5. The topological polar surface area (TPSA) is 81.6 Å². The summed E-state index contributed by atoms with van der Waals surface area (Å²) >= 11 is 0. The third-order valence-electron chi connectivity index (χ3n) is 3.79. The molecule has 2 rings (SSSR count). The van der Waals surface area contributed by atoms with Crippen LogP contribution in [-0.4, -0.2) is 42.7 Å². The SMILES string of the molecule is COCCN1CCCC(N)C1c1cccc([N+](=O)[O-])c1. The summed E-state index contributed by atoms with van der Waals surface area (Å²) in [5.41, 5.74) is 7.28. The molecule has 2 atom stereocenters. The summed E-state index contributed by atoms with van der Waals surface area (Å²) in [6, 6.07) is 6.82. The van der Waals surface area contributed by atoms with Crippen LogP contribution < -0.4 is 5.73 Å². The minimum absolute atomic E-state index is 0.00242. The second-order valence-corrected chi connectivity index (χ2v) is 5.13. The first-order valence-corrected chi connectivity index (χ1v) is 6.86. The van der Waals surface area contributed by atoms with E-state index < -0.39 is 0 Å². The molecule has 6 nitrogen and oxygen atoms in total. The van der Waals surface area contributed by atoms with Crippen molar-refractivity contribution >= 4 is 5.69 Å². The van der Waals surface area contributed by atoms with Crippen molar-refractivity contribution in [1.82, 2.24) is 4.90 Å². The number of nitrogens with zero attached hydrogens (tertiary/aromatic N) is 2. The Balaban J connectivity index is 2.25. The molecule has 0 saturated carbocycles. The zero-order chi connectivity index (χ0) is 14.5. The van der Waals surface area contributed by atoms with E-state index in [2.05, 4.69) is 4.90 Å². The summed E-state index contributed by atoms with van der Waals surface area (Å²) < 4.78 is 5.14. The number of likely N-dealkylation sites (tertiary alicyclic amines) is 1. The van der Waals surface area contributed by atoms with Crippen LogP contribution in [0.15, 0.2) is 24.3 Å². The summed E-state index contributed by atoms with van der Waals surface area (Å²) in [5, 5.41) is 10.9. The minimum Gasteiger partial charge on any atom is -0.383 e. The van der Waals surface area contributed by atoms with Crippen LogP contribution in [0.3, 0.4) is 0 Å². The van der Waals surface area contributed by atoms with Gasteiger partial charge in [-0.3, -0.25) is 15.0 Å². The van der Waals surface area contributed by atoms with Crippen molar-refractivity contribution < 1.29 is 9.66 Å². The van der Waals surface area contributed by atoms with E-state index in [1.165, 1.54) is 6.07 Å². The van der Waals surface area contributed by atoms with Crippen LogP contribution in [0, 0.1) is 10.1 Å². The zero-order valence-corrected chi connectivity index (χ0v) is 11.7. The maximum Gasteiger partial charge on any atom is 0.269 e. The van der Waals surface area contributed by atoms with E-state index in [1.807, 2.05) is 6.07 Å². The number of non-ortho nitro benzene ring substituents is 1. The highest BCUT2D eigenvalue weighted by Gasteiger charge is 2.30. The molecule has 1 aliphatic rings. The molecule has 1 aliphatic heterocycles. The van der Waals surface area contributed by atoms with Crippen molar-refractivity contribution in [1.29, 1.82) is 0 Å². The largest absolute Gasteiger partial charge is 0.383 e. The highest BCUT2D eigenvalue weighted by atomic mass is 16.6. The summed E-state index contributed by atoms with van der Waals surface area (Å²) in [6.45, 7) is 2.38. The van der Waals surface area contributed by atoms with Gasteiger partial charge in [-0.25, -0.2) is 0 Å². The first kappa shape index (κ1) is 14.9. The first-order valence-electron chi connectivity index (χ1n) is 6.86. The van der Waals surface area contributed by atoms with Gasteiger partial charge < -0.3 is 10.5 Å². The van der Waals surface area contributed by atoms with Gasteiger partial charge in [-0.1, -0.05) is 12.1 Å². The lowest BCUT2D eigenvalue weighted by Crippen LogP contribution is -2.46. The van der Waals surface area contributed by atoms with Crippen molar-refractivity contribution in [2.45, 2.75) is 24.9 Å². The van der Waals surface area contributed by atoms with Gasteiger partial charge in [0.2, 0.25) is 0 Å². The van der Waals surface area contributed by atoms with E-state index in [0.29, 0.717) is 6.61 Å². The second kappa shape index (κ2) is 6.78. The Kier molecular flexibility index (Phi) is 5.05. The van der Waals surface area contributed by atoms with Crippen molar-refractivity contribution in [3.8, 4) is 0 Å². The molecule has 2 unspecified atom stereocenters. The van der Waals surface area contributed by atoms with E-state index in [-0.39, 0.29) is 22.7 Å². The molecule has 0 aromatic heterocycles. The monoisotopic (exact) mass is 279 g/mol. The summed E-state index contributed by atoms with van der Waals surface area (Å²) in [4.78, 5) is 12.8. The van der Waals surface area contributed by atoms with Crippen LogP contribution in [0.5, 0.6) is 0 Å². The molecule has 0 bridgehead atoms. The molecule has 2 N–H and O–H groups in total. The number of methoxy groups -OCH3 is 1. The van der Waals surface area contributed by atoms with Gasteiger partial charge in [-0.05, 0) is 24.9 Å². The molecule has 20 heavy (non-hydrogen) atoms. The maximum absolute atomic E-state index is 10.9. The fraction of sp³-hybridized carbons (Fsp3) is 0.571. The predicted molar refractivity (Wildman–Crippen MR) is 76.5 cm³/mol. The van der Waals surface area contributed by atoms with Gasteiger partial charge in [-0.2, -0.15) is 0 Å². The molecule has 1 saturated heterocycles. The van der Waals surface area contributed by atoms with Crippen molar-refractivity contribution in [3.63, 3.8) is 0 Å². The molecule has 0 aliphatic carbocycles. The summed E-state index contributed by atoms with van der Waals surface area (Å²) in [6.07, 6.45) is 1.99. The van der Waals surface area contributed by atoms with E-state index in [0.717, 1.165) is 31.5 Å². The van der Waals surface area contributed by atoms with E-state index in [4.69, 9.17) is 10.5 Å². The van der Waals surface area contributed by atoms with Gasteiger partial charge in [0.1, 0.15) is 0 Å². The quantitative estimate of drug-likeness (QED) is 0.655. The van der Waals surface area contributed by atoms with E-state index in [1.54, 1.807) is 19.2 Å². The maximum atomic E-state index is 10.9. The van der Waals surface area contributed by atoms with Gasteiger partial charge in [0.05, 0.1) is 17.6 Å². The number of benzene rings is 1. The smallest absolute Gasteiger partial charge is 0.269 e. The van der Waals surface area contributed by atoms with Crippen LogP contribution in [-0.2, 0) is 4.74 Å². The fourth-order valence-electron chi connectivity index (χ4n) is 2.84. The molecule has 0 amide bonds. The molecule has 110 valence electrons. The predicted octanol–water partition coefficient (Wildman–Crippen LogP) is 1.71. The Hall–Kier alpha value is -1.50. The molecule has 1 aromatic rings. The Morgan fingerprint density at radius 3 is 3.05 bits per heavy atom. The normalized spacial score (nSPS) is 23.7. The lowest BCUT2D eigenvalue weighted by molar-refractivity contribution is -0.385. The van der Waals surface area contributed by atoms with Gasteiger partial charge in [0.25, 0.3) is 5.69 Å². The molecular formula is C14H21N3O3. The number of rotatable bonds is 5. The van der Waals surface area contributed by atoms with Crippen LogP contribution in [0.25, 0.3) is 0 Å². The molecule has 1 fully saturated rings. The van der Waals surface area contributed by atoms with Crippen molar-refractivity contribution in [3.05, 3.63) is 39.9 Å². The highest BCUT2D eigenvalue weighted by molar-refractivity contribution is 5.36. The third kappa shape index (κ3) is 3.33. The average molecular weight is 279 g/mol. The first-order chi connectivity index (χ1) is 9.63. The number of nitro benzene ring substituents is 1. The fourth-order valence-corrected chi connectivity index (χ4v) is 2.84. The number of nitrogens with two attached hydrogens (primary N) is 1. The van der Waals surface area contributed by atoms with Crippen molar-refractivity contribution in [2.75, 3.05) is 26.8 Å². The Morgan fingerprint density at radius 1 is 1.55 bits per heavy atom. The van der Waals surface area contributed by atoms with Crippen LogP contribution >= 0.6 is 0 Å². The zero-order valence-electron chi connectivity index (χ0n) is 11.7. The molecule has 0 spiro atoms. The van der Waals surface area contributed by atoms with E-state index >= 15 is 0 Å². The van der Waals surface area contributed by atoms with Crippen molar-refractivity contribution in [2.24, 2.45) is 5.73 Å². The van der Waals surface area contributed by atoms with Gasteiger partial charge in [-0.15, -0.1) is 0 Å². The Labute approximate surface area is 118 Å². The number of hydrogen-bond donors (Lipinski definition) is 1.